The fourth-order valence-corrected chi connectivity index (χ4v) is 3.15. The first-order valence-corrected chi connectivity index (χ1v) is 9.22. The van der Waals surface area contributed by atoms with E-state index in [1.54, 1.807) is 24.2 Å². The highest BCUT2D eigenvalue weighted by Gasteiger charge is 2.30. The molecule has 7 nitrogen and oxygen atoms in total. The van der Waals surface area contributed by atoms with Gasteiger partial charge in [-0.15, -0.1) is 0 Å². The molecule has 27 heavy (non-hydrogen) atoms. The highest BCUT2D eigenvalue weighted by Crippen LogP contribution is 2.15. The number of benzene rings is 1. The molecule has 1 saturated heterocycles. The first-order chi connectivity index (χ1) is 13.0. The van der Waals surface area contributed by atoms with E-state index in [2.05, 4.69) is 10.4 Å². The second-order valence-electron chi connectivity index (χ2n) is 7.12. The number of methoxy groups -OCH3 is 1. The summed E-state index contributed by atoms with van der Waals surface area (Å²) in [5.41, 5.74) is 1.67. The van der Waals surface area contributed by atoms with Crippen LogP contribution >= 0.6 is 0 Å². The van der Waals surface area contributed by atoms with E-state index in [0.29, 0.717) is 25.1 Å². The Bertz CT molecular complexity index is 798. The fourth-order valence-electron chi connectivity index (χ4n) is 3.15. The van der Waals surface area contributed by atoms with Gasteiger partial charge in [0.05, 0.1) is 24.9 Å². The molecule has 0 radical (unpaired) electrons. The number of amides is 2. The number of ether oxygens (including phenoxy) is 1. The molecule has 3 rings (SSSR count). The van der Waals surface area contributed by atoms with Crippen LogP contribution in [-0.2, 0) is 11.2 Å². The van der Waals surface area contributed by atoms with Crippen molar-refractivity contribution >= 4 is 11.8 Å². The van der Waals surface area contributed by atoms with Gasteiger partial charge in [0, 0.05) is 31.7 Å². The maximum absolute atomic E-state index is 12.4. The Kier molecular flexibility index (Phi) is 5.78. The summed E-state index contributed by atoms with van der Waals surface area (Å²) in [6, 6.07) is 7.88. The lowest BCUT2D eigenvalue weighted by Gasteiger charge is -2.17. The van der Waals surface area contributed by atoms with Crippen molar-refractivity contribution in [2.45, 2.75) is 38.8 Å². The van der Waals surface area contributed by atoms with Crippen molar-refractivity contribution in [3.05, 3.63) is 47.8 Å². The van der Waals surface area contributed by atoms with Crippen molar-refractivity contribution in [1.29, 1.82) is 0 Å². The zero-order valence-electron chi connectivity index (χ0n) is 16.0. The van der Waals surface area contributed by atoms with Gasteiger partial charge in [-0.05, 0) is 38.0 Å². The Morgan fingerprint density at radius 2 is 2.07 bits per heavy atom. The van der Waals surface area contributed by atoms with Crippen LogP contribution in [0.5, 0.6) is 5.75 Å². The largest absolute Gasteiger partial charge is 0.497 e. The monoisotopic (exact) mass is 370 g/mol. The first kappa shape index (κ1) is 18.9. The molecule has 1 atom stereocenters. The molecule has 1 fully saturated rings. The number of aromatic nitrogens is 2. The Balaban J connectivity index is 1.51. The molecule has 7 heteroatoms. The van der Waals surface area contributed by atoms with E-state index >= 15 is 0 Å². The second kappa shape index (κ2) is 8.24. The average Bonchev–Trinajstić information content (AvgIpc) is 3.27. The van der Waals surface area contributed by atoms with E-state index in [4.69, 9.17) is 4.74 Å². The van der Waals surface area contributed by atoms with Crippen LogP contribution in [0.3, 0.4) is 0 Å². The van der Waals surface area contributed by atoms with Gasteiger partial charge in [0.1, 0.15) is 5.75 Å². The van der Waals surface area contributed by atoms with Crippen LogP contribution in [0.15, 0.2) is 36.7 Å². The van der Waals surface area contributed by atoms with Crippen LogP contribution in [0.25, 0.3) is 0 Å². The minimum Gasteiger partial charge on any atom is -0.497 e. The number of hydrogen-bond donors (Lipinski definition) is 1. The highest BCUT2D eigenvalue weighted by molar-refractivity contribution is 5.94. The molecular formula is C20H26N4O3. The Morgan fingerprint density at radius 1 is 1.33 bits per heavy atom. The summed E-state index contributed by atoms with van der Waals surface area (Å²) in [7, 11) is 1.64. The second-order valence-corrected chi connectivity index (χ2v) is 7.12. The van der Waals surface area contributed by atoms with Crippen LogP contribution in [0.1, 0.15) is 42.2 Å². The topological polar surface area (TPSA) is 76.5 Å². The molecule has 0 saturated carbocycles. The molecule has 0 spiro atoms. The molecule has 144 valence electrons. The summed E-state index contributed by atoms with van der Waals surface area (Å²) in [5, 5.41) is 7.14. The van der Waals surface area contributed by atoms with Gasteiger partial charge in [0.2, 0.25) is 5.91 Å². The molecule has 1 N–H and O–H groups in total. The Hall–Kier alpha value is -2.83. The molecule has 1 aromatic heterocycles. The van der Waals surface area contributed by atoms with Crippen molar-refractivity contribution < 1.29 is 14.3 Å². The van der Waals surface area contributed by atoms with Crippen molar-refractivity contribution in [2.24, 2.45) is 0 Å². The third-order valence-corrected chi connectivity index (χ3v) is 4.77. The minimum absolute atomic E-state index is 0.0756. The number of nitrogens with one attached hydrogen (secondary N) is 1. The number of hydrogen-bond acceptors (Lipinski definition) is 4. The predicted molar refractivity (Wildman–Crippen MR) is 102 cm³/mol. The minimum atomic E-state index is -0.184. The average molecular weight is 370 g/mol. The Labute approximate surface area is 159 Å². The van der Waals surface area contributed by atoms with Gasteiger partial charge in [0.15, 0.2) is 0 Å². The number of carbonyl (C=O) groups excluding carboxylic acids is 2. The highest BCUT2D eigenvalue weighted by atomic mass is 16.5. The van der Waals surface area contributed by atoms with E-state index in [-0.39, 0.29) is 23.9 Å². The predicted octanol–water partition coefficient (Wildman–Crippen LogP) is 2.05. The maximum atomic E-state index is 12.4. The van der Waals surface area contributed by atoms with Crippen molar-refractivity contribution in [2.75, 3.05) is 20.2 Å². The van der Waals surface area contributed by atoms with Crippen LogP contribution in [0, 0.1) is 0 Å². The van der Waals surface area contributed by atoms with Crippen molar-refractivity contribution in [3.8, 4) is 5.75 Å². The number of nitrogens with zero attached hydrogens (tertiary/aromatic N) is 3. The van der Waals surface area contributed by atoms with Gasteiger partial charge in [-0.3, -0.25) is 14.3 Å². The quantitative estimate of drug-likeness (QED) is 0.809. The van der Waals surface area contributed by atoms with Gasteiger partial charge in [-0.2, -0.15) is 5.10 Å². The summed E-state index contributed by atoms with van der Waals surface area (Å²) in [4.78, 5) is 26.5. The molecule has 0 aliphatic carbocycles. The zero-order valence-corrected chi connectivity index (χ0v) is 16.0. The van der Waals surface area contributed by atoms with Crippen LogP contribution < -0.4 is 10.1 Å². The van der Waals surface area contributed by atoms with Gasteiger partial charge in [-0.1, -0.05) is 12.1 Å². The maximum Gasteiger partial charge on any atom is 0.254 e. The van der Waals surface area contributed by atoms with Gasteiger partial charge < -0.3 is 15.0 Å². The molecule has 2 amide bonds. The smallest absolute Gasteiger partial charge is 0.254 e. The summed E-state index contributed by atoms with van der Waals surface area (Å²) in [6.07, 6.45) is 4.41. The Morgan fingerprint density at radius 3 is 2.70 bits per heavy atom. The van der Waals surface area contributed by atoms with E-state index < -0.39 is 0 Å². The van der Waals surface area contributed by atoms with Crippen LogP contribution in [0.2, 0.25) is 0 Å². The van der Waals surface area contributed by atoms with E-state index in [0.717, 1.165) is 17.7 Å². The van der Waals surface area contributed by atoms with E-state index in [1.165, 1.54) is 0 Å². The fraction of sp³-hybridized carbons (Fsp3) is 0.450. The summed E-state index contributed by atoms with van der Waals surface area (Å²) in [6.45, 7) is 5.19. The molecule has 1 unspecified atom stereocenters. The summed E-state index contributed by atoms with van der Waals surface area (Å²) < 4.78 is 6.90. The molecule has 2 heterocycles. The van der Waals surface area contributed by atoms with E-state index in [9.17, 15) is 9.59 Å². The van der Waals surface area contributed by atoms with Crippen LogP contribution in [-0.4, -0.2) is 52.7 Å². The van der Waals surface area contributed by atoms with Crippen LogP contribution in [0.4, 0.5) is 0 Å². The molecule has 2 aromatic rings. The molecule has 1 aromatic carbocycles. The summed E-state index contributed by atoms with van der Waals surface area (Å²) in [5.74, 6) is 0.711. The lowest BCUT2D eigenvalue weighted by molar-refractivity contribution is -0.127. The molecule has 1 aliphatic heterocycles. The molecular weight excluding hydrogens is 344 g/mol. The zero-order chi connectivity index (χ0) is 19.4. The standard InChI is InChI=1S/C20H26N4O3/c1-14(2)24-12-16(11-21-24)20(26)22-17-10-19(25)23(13-17)9-8-15-4-6-18(27-3)7-5-15/h4-7,11-12,14,17H,8-10,13H2,1-3H3,(H,22,26). The molecule has 1 aliphatic rings. The number of carbonyl (C=O) groups is 2. The third kappa shape index (κ3) is 4.67. The third-order valence-electron chi connectivity index (χ3n) is 4.77. The number of rotatable bonds is 7. The lowest BCUT2D eigenvalue weighted by Crippen LogP contribution is -2.37. The lowest BCUT2D eigenvalue weighted by atomic mass is 10.1. The first-order valence-electron chi connectivity index (χ1n) is 9.22. The van der Waals surface area contributed by atoms with E-state index in [1.807, 2.05) is 43.0 Å². The SMILES string of the molecule is COc1ccc(CCN2CC(NC(=O)c3cnn(C(C)C)c3)CC2=O)cc1. The molecule has 0 bridgehead atoms. The van der Waals surface area contributed by atoms with Gasteiger partial charge in [-0.25, -0.2) is 0 Å². The van der Waals surface area contributed by atoms with Crippen molar-refractivity contribution in [1.82, 2.24) is 20.0 Å². The van der Waals surface area contributed by atoms with Gasteiger partial charge >= 0.3 is 0 Å². The summed E-state index contributed by atoms with van der Waals surface area (Å²) >= 11 is 0. The van der Waals surface area contributed by atoms with Gasteiger partial charge in [0.25, 0.3) is 5.91 Å². The number of likely N-dealkylation sites (tertiary alicyclic amines) is 1. The normalized spacial score (nSPS) is 16.8. The van der Waals surface area contributed by atoms with Crippen molar-refractivity contribution in [3.63, 3.8) is 0 Å².